The van der Waals surface area contributed by atoms with Crippen LogP contribution in [0, 0.1) is 11.2 Å². The minimum Gasteiger partial charge on any atom is -0.493 e. The van der Waals surface area contributed by atoms with Crippen LogP contribution < -0.4 is 20.9 Å². The maximum absolute atomic E-state index is 15.3. The predicted molar refractivity (Wildman–Crippen MR) is 136 cm³/mol. The van der Waals surface area contributed by atoms with E-state index < -0.39 is 23.4 Å². The molecule has 0 saturated carbocycles. The zero-order chi connectivity index (χ0) is 27.8. The fourth-order valence-electron chi connectivity index (χ4n) is 3.58. The smallest absolute Gasteiger partial charge is 0.350 e. The van der Waals surface area contributed by atoms with Crippen molar-refractivity contribution in [2.75, 3.05) is 14.2 Å². The molecule has 0 amide bonds. The number of aromatic amines is 1. The van der Waals surface area contributed by atoms with Gasteiger partial charge in [0.1, 0.15) is 17.5 Å². The van der Waals surface area contributed by atoms with Crippen molar-refractivity contribution in [3.05, 3.63) is 93.7 Å². The normalized spacial score (nSPS) is 11.2. The van der Waals surface area contributed by atoms with E-state index in [9.17, 15) is 4.79 Å². The molecule has 0 radical (unpaired) electrons. The van der Waals surface area contributed by atoms with Gasteiger partial charge in [-0.15, -0.1) is 9.78 Å². The molecule has 12 nitrogen and oxygen atoms in total. The Balaban J connectivity index is 0.000000934. The molecule has 2 aromatic carbocycles. The number of carbonyl (C=O) groups is 1. The third-order valence-corrected chi connectivity index (χ3v) is 5.29. The van der Waals surface area contributed by atoms with Gasteiger partial charge in [0, 0.05) is 36.5 Å². The number of aliphatic carboxylic acids is 1. The van der Waals surface area contributed by atoms with Gasteiger partial charge < -0.3 is 20.3 Å². The van der Waals surface area contributed by atoms with E-state index in [2.05, 4.69) is 20.1 Å². The number of H-pyrrole nitrogens is 1. The molecule has 198 valence electrons. The summed E-state index contributed by atoms with van der Waals surface area (Å²) < 4.78 is 26.9. The average Bonchev–Trinajstić information content (AvgIpc) is 3.29. The standard InChI is InChI=1S/C23H22FN7O3.C2H4O2/c1-33-18-11-15(17(24)12-19(18)34-2)16(10-13-4-6-14(7-5-13)20(25)26)21-29-23(32)31(30-21)22-27-8-3-9-28-22;1-2(3)4/h3-9,11-12,16H,10H2,1-2H3,(H3,25,26)(H,29,30,32);1H3,(H,3,4). The van der Waals surface area contributed by atoms with Gasteiger partial charge in [0.25, 0.3) is 11.9 Å². The summed E-state index contributed by atoms with van der Waals surface area (Å²) in [5.74, 6) is -1.24. The average molecular weight is 524 g/mol. The van der Waals surface area contributed by atoms with E-state index in [4.69, 9.17) is 30.5 Å². The molecule has 5 N–H and O–H groups in total. The van der Waals surface area contributed by atoms with Gasteiger partial charge >= 0.3 is 5.69 Å². The first-order valence-electron chi connectivity index (χ1n) is 11.2. The molecule has 0 spiro atoms. The van der Waals surface area contributed by atoms with Crippen molar-refractivity contribution < 1.29 is 23.8 Å². The van der Waals surface area contributed by atoms with Crippen LogP contribution >= 0.6 is 0 Å². The molecule has 38 heavy (non-hydrogen) atoms. The second kappa shape index (κ2) is 12.3. The van der Waals surface area contributed by atoms with Crippen LogP contribution in [-0.4, -0.2) is 55.9 Å². The summed E-state index contributed by atoms with van der Waals surface area (Å²) in [5.41, 5.74) is 6.62. The second-order valence-electron chi connectivity index (χ2n) is 7.89. The zero-order valence-electron chi connectivity index (χ0n) is 20.8. The fourth-order valence-corrected chi connectivity index (χ4v) is 3.58. The highest BCUT2D eigenvalue weighted by Gasteiger charge is 2.26. The van der Waals surface area contributed by atoms with Crippen molar-refractivity contribution in [2.24, 2.45) is 5.73 Å². The first kappa shape index (κ1) is 27.5. The third kappa shape index (κ3) is 6.57. The Morgan fingerprint density at radius 2 is 1.74 bits per heavy atom. The highest BCUT2D eigenvalue weighted by atomic mass is 19.1. The Kier molecular flexibility index (Phi) is 8.87. The van der Waals surface area contributed by atoms with Crippen molar-refractivity contribution in [1.29, 1.82) is 5.41 Å². The minimum absolute atomic E-state index is 0.0556. The van der Waals surface area contributed by atoms with E-state index in [-0.39, 0.29) is 35.3 Å². The Morgan fingerprint density at radius 3 is 2.29 bits per heavy atom. The molecule has 1 unspecified atom stereocenters. The molecular formula is C25H26FN7O5. The lowest BCUT2D eigenvalue weighted by Crippen LogP contribution is -2.18. The van der Waals surface area contributed by atoms with E-state index in [1.807, 2.05) is 0 Å². The lowest BCUT2D eigenvalue weighted by molar-refractivity contribution is -0.134. The number of halogens is 1. The Bertz CT molecular complexity index is 1470. The number of ether oxygens (including phenoxy) is 2. The van der Waals surface area contributed by atoms with Crippen LogP contribution in [0.15, 0.2) is 59.7 Å². The maximum atomic E-state index is 15.3. The molecule has 0 bridgehead atoms. The van der Waals surface area contributed by atoms with Crippen LogP contribution in [0.5, 0.6) is 11.5 Å². The van der Waals surface area contributed by atoms with Crippen LogP contribution in [0.4, 0.5) is 4.39 Å². The van der Waals surface area contributed by atoms with Gasteiger partial charge in [0.15, 0.2) is 11.5 Å². The largest absolute Gasteiger partial charge is 0.493 e. The number of methoxy groups -OCH3 is 2. The lowest BCUT2D eigenvalue weighted by Gasteiger charge is -2.18. The van der Waals surface area contributed by atoms with Crippen molar-refractivity contribution in [2.45, 2.75) is 19.3 Å². The van der Waals surface area contributed by atoms with Crippen molar-refractivity contribution in [3.8, 4) is 17.4 Å². The Morgan fingerprint density at radius 1 is 1.16 bits per heavy atom. The molecule has 1 atom stereocenters. The molecule has 0 aliphatic carbocycles. The van der Waals surface area contributed by atoms with E-state index in [0.29, 0.717) is 11.3 Å². The summed E-state index contributed by atoms with van der Waals surface area (Å²) in [6.07, 6.45) is 3.27. The van der Waals surface area contributed by atoms with E-state index in [1.54, 1.807) is 30.3 Å². The second-order valence-corrected chi connectivity index (χ2v) is 7.89. The van der Waals surface area contributed by atoms with E-state index >= 15 is 4.39 Å². The van der Waals surface area contributed by atoms with Gasteiger partial charge in [0.05, 0.1) is 20.1 Å². The van der Waals surface area contributed by atoms with Crippen LogP contribution in [0.1, 0.15) is 35.4 Å². The topological polar surface area (TPSA) is 182 Å². The number of aromatic nitrogens is 5. The molecule has 2 aromatic heterocycles. The summed E-state index contributed by atoms with van der Waals surface area (Å²) >= 11 is 0. The van der Waals surface area contributed by atoms with Crippen LogP contribution in [-0.2, 0) is 11.2 Å². The van der Waals surface area contributed by atoms with E-state index in [0.717, 1.165) is 17.2 Å². The Hall–Kier alpha value is -5.07. The van der Waals surface area contributed by atoms with Crippen molar-refractivity contribution >= 4 is 11.8 Å². The first-order valence-corrected chi connectivity index (χ1v) is 11.2. The number of nitrogens with two attached hydrogens (primary N) is 1. The molecule has 0 fully saturated rings. The Labute approximate surface area is 216 Å². The van der Waals surface area contributed by atoms with Gasteiger partial charge in [-0.2, -0.15) is 0 Å². The molecule has 13 heteroatoms. The number of nitrogen functional groups attached to an aromatic ring is 1. The van der Waals surface area contributed by atoms with Crippen molar-refractivity contribution in [3.63, 3.8) is 0 Å². The highest BCUT2D eigenvalue weighted by molar-refractivity contribution is 5.94. The van der Waals surface area contributed by atoms with Crippen LogP contribution in [0.25, 0.3) is 5.95 Å². The maximum Gasteiger partial charge on any atom is 0.350 e. The van der Waals surface area contributed by atoms with Gasteiger partial charge in [0.2, 0.25) is 0 Å². The minimum atomic E-state index is -0.833. The van der Waals surface area contributed by atoms with Gasteiger partial charge in [-0.25, -0.2) is 19.2 Å². The van der Waals surface area contributed by atoms with Gasteiger partial charge in [-0.3, -0.25) is 15.2 Å². The fraction of sp³-hybridized carbons (Fsp3) is 0.200. The summed E-state index contributed by atoms with van der Waals surface area (Å²) in [4.78, 5) is 32.5. The number of carboxylic acids is 1. The lowest BCUT2D eigenvalue weighted by atomic mass is 9.90. The summed E-state index contributed by atoms with van der Waals surface area (Å²) in [6.45, 7) is 1.08. The number of nitrogens with one attached hydrogen (secondary N) is 2. The van der Waals surface area contributed by atoms with Crippen LogP contribution in [0.3, 0.4) is 0 Å². The molecule has 4 aromatic rings. The summed E-state index contributed by atoms with van der Waals surface area (Å²) in [7, 11) is 2.88. The molecule has 4 rings (SSSR count). The quantitative estimate of drug-likeness (QED) is 0.199. The zero-order valence-corrected chi connectivity index (χ0v) is 20.8. The van der Waals surface area contributed by atoms with Crippen molar-refractivity contribution in [1.82, 2.24) is 24.7 Å². The molecule has 0 aliphatic heterocycles. The third-order valence-electron chi connectivity index (χ3n) is 5.29. The number of benzene rings is 2. The first-order chi connectivity index (χ1) is 18.1. The summed E-state index contributed by atoms with van der Waals surface area (Å²) in [6, 6.07) is 11.4. The molecular weight excluding hydrogens is 497 g/mol. The molecule has 2 heterocycles. The van der Waals surface area contributed by atoms with Gasteiger partial charge in [-0.05, 0) is 24.1 Å². The SMILES string of the molecule is CC(=O)O.COc1cc(F)c(C(Cc2ccc(C(=N)N)cc2)c2nn(-c3ncccn3)c(=O)[nH]2)cc1OC. The number of rotatable bonds is 8. The highest BCUT2D eigenvalue weighted by Crippen LogP contribution is 2.36. The molecule has 0 saturated heterocycles. The monoisotopic (exact) mass is 523 g/mol. The number of hydrogen-bond acceptors (Lipinski definition) is 8. The number of nitrogens with zero attached hydrogens (tertiary/aromatic N) is 4. The number of carboxylic acid groups (broad SMARTS) is 1. The molecule has 0 aliphatic rings. The van der Waals surface area contributed by atoms with E-state index in [1.165, 1.54) is 38.7 Å². The summed E-state index contributed by atoms with van der Waals surface area (Å²) in [5, 5.41) is 19.4. The predicted octanol–water partition coefficient (Wildman–Crippen LogP) is 2.26. The number of amidine groups is 1. The van der Waals surface area contributed by atoms with Gasteiger partial charge in [-0.1, -0.05) is 24.3 Å². The number of hydrogen-bond donors (Lipinski definition) is 4. The van der Waals surface area contributed by atoms with Crippen LogP contribution in [0.2, 0.25) is 0 Å².